The summed E-state index contributed by atoms with van der Waals surface area (Å²) in [4.78, 5) is 25.6. The number of likely N-dealkylation sites (tertiary alicyclic amines) is 1. The van der Waals surface area contributed by atoms with Crippen LogP contribution in [0, 0.1) is 0 Å². The molecule has 2 rings (SSSR count). The average molecular weight is 355 g/mol. The third-order valence-electron chi connectivity index (χ3n) is 3.71. The number of ether oxygens (including phenoxy) is 2. The molecule has 1 atom stereocenters. The van der Waals surface area contributed by atoms with Crippen molar-refractivity contribution in [2.24, 2.45) is 0 Å². The molecule has 1 aliphatic rings. The second-order valence-corrected chi connectivity index (χ2v) is 7.09. The minimum atomic E-state index is -3.02. The van der Waals surface area contributed by atoms with Crippen molar-refractivity contribution < 1.29 is 27.8 Å². The Hall–Kier alpha value is -2.18. The summed E-state index contributed by atoms with van der Waals surface area (Å²) in [5.74, 6) is -3.87. The van der Waals surface area contributed by atoms with E-state index in [1.165, 1.54) is 0 Å². The Morgan fingerprint density at radius 3 is 2.48 bits per heavy atom. The van der Waals surface area contributed by atoms with Gasteiger partial charge in [0.1, 0.15) is 18.2 Å². The maximum Gasteiger partial charge on any atom is 0.411 e. The number of hydrogen-bond acceptors (Lipinski definition) is 4. The number of rotatable bonds is 3. The Morgan fingerprint density at radius 1 is 1.24 bits per heavy atom. The summed E-state index contributed by atoms with van der Waals surface area (Å²) >= 11 is 0. The Morgan fingerprint density at radius 2 is 1.88 bits per heavy atom. The number of amides is 1. The molecule has 25 heavy (non-hydrogen) atoms. The predicted molar refractivity (Wildman–Crippen MR) is 87.1 cm³/mol. The molecule has 7 heteroatoms. The minimum absolute atomic E-state index is 0.0378. The van der Waals surface area contributed by atoms with Crippen LogP contribution in [0.5, 0.6) is 0 Å². The number of halogens is 2. The van der Waals surface area contributed by atoms with Crippen molar-refractivity contribution in [3.05, 3.63) is 35.9 Å². The smallest absolute Gasteiger partial charge is 0.411 e. The van der Waals surface area contributed by atoms with Gasteiger partial charge in [-0.3, -0.25) is 4.90 Å². The number of carbonyl (C=O) groups excluding carboxylic acids is 2. The van der Waals surface area contributed by atoms with E-state index < -0.39 is 42.5 Å². The van der Waals surface area contributed by atoms with Gasteiger partial charge in [0.25, 0.3) is 5.92 Å². The molecule has 0 spiro atoms. The van der Waals surface area contributed by atoms with Gasteiger partial charge >= 0.3 is 12.1 Å². The van der Waals surface area contributed by atoms with Gasteiger partial charge in [-0.25, -0.2) is 18.4 Å². The standard InChI is InChI=1S/C18H23F2NO4/c1-17(2,3)25-16(23)21-10-9-18(19,20)11-14(21)15(22)24-12-13-7-5-4-6-8-13/h4-8,14H,9-12H2,1-3H3. The SMILES string of the molecule is CC(C)(C)OC(=O)N1CCC(F)(F)CC1C(=O)OCc1ccccc1. The fourth-order valence-corrected chi connectivity index (χ4v) is 2.51. The van der Waals surface area contributed by atoms with E-state index in [0.717, 1.165) is 10.5 Å². The lowest BCUT2D eigenvalue weighted by molar-refractivity contribution is -0.160. The number of esters is 1. The average Bonchev–Trinajstić information content (AvgIpc) is 2.51. The van der Waals surface area contributed by atoms with Gasteiger partial charge < -0.3 is 9.47 Å². The first-order chi connectivity index (χ1) is 11.6. The lowest BCUT2D eigenvalue weighted by Crippen LogP contribution is -2.54. The van der Waals surface area contributed by atoms with E-state index in [1.807, 2.05) is 6.07 Å². The van der Waals surface area contributed by atoms with Gasteiger partial charge in [-0.2, -0.15) is 0 Å². The molecule has 0 bridgehead atoms. The van der Waals surface area contributed by atoms with Gasteiger partial charge in [-0.1, -0.05) is 30.3 Å². The zero-order valence-electron chi connectivity index (χ0n) is 14.6. The molecule has 138 valence electrons. The van der Waals surface area contributed by atoms with Crippen molar-refractivity contribution in [2.75, 3.05) is 6.54 Å². The number of alkyl halides is 2. The van der Waals surface area contributed by atoms with Crippen molar-refractivity contribution in [1.29, 1.82) is 0 Å². The highest BCUT2D eigenvalue weighted by atomic mass is 19.3. The van der Waals surface area contributed by atoms with Crippen molar-refractivity contribution in [3.8, 4) is 0 Å². The van der Waals surface area contributed by atoms with Crippen LogP contribution >= 0.6 is 0 Å². The minimum Gasteiger partial charge on any atom is -0.459 e. The molecule has 1 heterocycles. The molecular formula is C18H23F2NO4. The summed E-state index contributed by atoms with van der Waals surface area (Å²) in [6, 6.07) is 7.54. The molecule has 1 fully saturated rings. The van der Waals surface area contributed by atoms with Crippen molar-refractivity contribution in [3.63, 3.8) is 0 Å². The number of nitrogens with zero attached hydrogens (tertiary/aromatic N) is 1. The number of hydrogen-bond donors (Lipinski definition) is 0. The molecule has 1 saturated heterocycles. The largest absolute Gasteiger partial charge is 0.459 e. The van der Waals surface area contributed by atoms with Crippen LogP contribution in [0.2, 0.25) is 0 Å². The molecule has 1 aromatic rings. The zero-order valence-corrected chi connectivity index (χ0v) is 14.6. The van der Waals surface area contributed by atoms with Crippen LogP contribution in [0.3, 0.4) is 0 Å². The molecule has 5 nitrogen and oxygen atoms in total. The number of piperidine rings is 1. The maximum atomic E-state index is 13.8. The second kappa shape index (κ2) is 7.37. The molecule has 0 radical (unpaired) electrons. The molecular weight excluding hydrogens is 332 g/mol. The number of carbonyl (C=O) groups is 2. The van der Waals surface area contributed by atoms with Crippen LogP contribution in [0.4, 0.5) is 13.6 Å². The summed E-state index contributed by atoms with van der Waals surface area (Å²) < 4.78 is 37.9. The van der Waals surface area contributed by atoms with Crippen LogP contribution in [-0.4, -0.2) is 41.1 Å². The predicted octanol–water partition coefficient (Wildman–Crippen LogP) is 3.76. The molecule has 0 saturated carbocycles. The van der Waals surface area contributed by atoms with Gasteiger partial charge in [-0.15, -0.1) is 0 Å². The van der Waals surface area contributed by atoms with Gasteiger partial charge in [0, 0.05) is 19.4 Å². The summed E-state index contributed by atoms with van der Waals surface area (Å²) in [6.45, 7) is 4.72. The Labute approximate surface area is 145 Å². The molecule has 0 aliphatic carbocycles. The second-order valence-electron chi connectivity index (χ2n) is 7.09. The molecule has 1 amide bonds. The molecule has 1 aliphatic heterocycles. The van der Waals surface area contributed by atoms with E-state index in [9.17, 15) is 18.4 Å². The van der Waals surface area contributed by atoms with E-state index >= 15 is 0 Å². The topological polar surface area (TPSA) is 55.8 Å². The van der Waals surface area contributed by atoms with E-state index in [4.69, 9.17) is 9.47 Å². The van der Waals surface area contributed by atoms with E-state index in [1.54, 1.807) is 45.0 Å². The fourth-order valence-electron chi connectivity index (χ4n) is 2.51. The maximum absolute atomic E-state index is 13.8. The summed E-state index contributed by atoms with van der Waals surface area (Å²) in [7, 11) is 0. The first kappa shape index (κ1) is 19.1. The van der Waals surface area contributed by atoms with Crippen molar-refractivity contribution in [1.82, 2.24) is 4.90 Å². The quantitative estimate of drug-likeness (QED) is 0.775. The molecule has 1 aromatic carbocycles. The Kier molecular flexibility index (Phi) is 5.65. The van der Waals surface area contributed by atoms with Gasteiger partial charge in [0.15, 0.2) is 0 Å². The molecule has 0 aromatic heterocycles. The molecule has 1 unspecified atom stereocenters. The van der Waals surface area contributed by atoms with E-state index in [2.05, 4.69) is 0 Å². The van der Waals surface area contributed by atoms with Gasteiger partial charge in [-0.05, 0) is 26.3 Å². The highest BCUT2D eigenvalue weighted by Gasteiger charge is 2.47. The highest BCUT2D eigenvalue weighted by Crippen LogP contribution is 2.33. The third kappa shape index (κ3) is 5.69. The van der Waals surface area contributed by atoms with Crippen molar-refractivity contribution in [2.45, 2.75) is 57.8 Å². The van der Waals surface area contributed by atoms with Gasteiger partial charge in [0.05, 0.1) is 0 Å². The van der Waals surface area contributed by atoms with Crippen LogP contribution < -0.4 is 0 Å². The third-order valence-corrected chi connectivity index (χ3v) is 3.71. The normalized spacial score (nSPS) is 20.0. The van der Waals surface area contributed by atoms with E-state index in [0.29, 0.717) is 0 Å². The lowest BCUT2D eigenvalue weighted by atomic mass is 9.99. The zero-order chi connectivity index (χ0) is 18.7. The van der Waals surface area contributed by atoms with Crippen molar-refractivity contribution >= 4 is 12.1 Å². The van der Waals surface area contributed by atoms with Crippen LogP contribution in [0.15, 0.2) is 30.3 Å². The van der Waals surface area contributed by atoms with Crippen LogP contribution in [0.25, 0.3) is 0 Å². The Balaban J connectivity index is 2.07. The Bertz CT molecular complexity index is 613. The first-order valence-corrected chi connectivity index (χ1v) is 8.15. The number of benzene rings is 1. The molecule has 0 N–H and O–H groups in total. The highest BCUT2D eigenvalue weighted by molar-refractivity contribution is 5.82. The van der Waals surface area contributed by atoms with Crippen LogP contribution in [-0.2, 0) is 20.9 Å². The summed E-state index contributed by atoms with van der Waals surface area (Å²) in [5, 5.41) is 0. The van der Waals surface area contributed by atoms with Crippen LogP contribution in [0.1, 0.15) is 39.2 Å². The summed E-state index contributed by atoms with van der Waals surface area (Å²) in [5.41, 5.74) is -0.0440. The first-order valence-electron chi connectivity index (χ1n) is 8.15. The fraction of sp³-hybridized carbons (Fsp3) is 0.556. The van der Waals surface area contributed by atoms with Gasteiger partial charge in [0.2, 0.25) is 0 Å². The van der Waals surface area contributed by atoms with E-state index in [-0.39, 0.29) is 13.2 Å². The monoisotopic (exact) mass is 355 g/mol. The summed E-state index contributed by atoms with van der Waals surface area (Å²) in [6.07, 6.45) is -2.06. The lowest BCUT2D eigenvalue weighted by Gasteiger charge is -2.38.